The van der Waals surface area contributed by atoms with Crippen molar-refractivity contribution >= 4 is 15.9 Å². The van der Waals surface area contributed by atoms with Crippen LogP contribution in [0.3, 0.4) is 0 Å². The summed E-state index contributed by atoms with van der Waals surface area (Å²) in [5, 5.41) is 13.2. The van der Waals surface area contributed by atoms with Gasteiger partial charge in [0, 0.05) is 13.1 Å². The van der Waals surface area contributed by atoms with E-state index in [-0.39, 0.29) is 12.5 Å². The van der Waals surface area contributed by atoms with Crippen LogP contribution >= 0.6 is 0 Å². The van der Waals surface area contributed by atoms with Gasteiger partial charge < -0.3 is 10.4 Å². The molecule has 2 aliphatic rings. The fourth-order valence-electron chi connectivity index (χ4n) is 3.24. The number of nitrogens with one attached hydrogen (secondary N) is 1. The molecule has 1 saturated carbocycles. The average molecular weight is 318 g/mol. The molecule has 2 rings (SSSR count). The van der Waals surface area contributed by atoms with Crippen molar-refractivity contribution in [1.29, 1.82) is 0 Å². The molecule has 1 heterocycles. The van der Waals surface area contributed by atoms with Crippen molar-refractivity contribution in [1.82, 2.24) is 9.62 Å². The number of hydrogen-bond donors (Lipinski definition) is 2. The summed E-state index contributed by atoms with van der Waals surface area (Å²) in [4.78, 5) is 12.2. The average Bonchev–Trinajstić information content (AvgIpc) is 2.89. The van der Waals surface area contributed by atoms with Crippen molar-refractivity contribution in [2.75, 3.05) is 19.3 Å². The minimum absolute atomic E-state index is 0.215. The van der Waals surface area contributed by atoms with Crippen LogP contribution in [0.25, 0.3) is 0 Å². The van der Waals surface area contributed by atoms with Crippen molar-refractivity contribution in [3.05, 3.63) is 0 Å². The fraction of sp³-hybridized carbons (Fsp3) is 0.929. The van der Waals surface area contributed by atoms with Crippen LogP contribution in [0.5, 0.6) is 0 Å². The Hall–Kier alpha value is -0.660. The Balaban J connectivity index is 1.90. The molecular weight excluding hydrogens is 292 g/mol. The highest BCUT2D eigenvalue weighted by molar-refractivity contribution is 7.88. The zero-order valence-electron chi connectivity index (χ0n) is 12.8. The quantitative estimate of drug-likeness (QED) is 0.789. The molecule has 6 nitrogen and oxygen atoms in total. The van der Waals surface area contributed by atoms with Crippen LogP contribution in [0.15, 0.2) is 0 Å². The second-order valence-corrected chi connectivity index (χ2v) is 8.59. The Labute approximate surface area is 126 Å². The normalized spacial score (nSPS) is 34.8. The topological polar surface area (TPSA) is 86.7 Å². The van der Waals surface area contributed by atoms with Gasteiger partial charge in [0.15, 0.2) is 0 Å². The second-order valence-electron chi connectivity index (χ2n) is 6.66. The van der Waals surface area contributed by atoms with Crippen molar-refractivity contribution in [3.8, 4) is 0 Å². The third-order valence-corrected chi connectivity index (χ3v) is 6.02. The molecule has 0 spiro atoms. The lowest BCUT2D eigenvalue weighted by molar-refractivity contribution is -0.126. The molecule has 0 aromatic rings. The van der Waals surface area contributed by atoms with E-state index in [1.165, 1.54) is 4.31 Å². The zero-order valence-corrected chi connectivity index (χ0v) is 13.7. The number of aliphatic hydroxyl groups is 1. The standard InChI is InChI=1S/C14H26N2O4S/c1-11-5-7-14(18,8-6-11)10-15-13(17)12-4-3-9-16(12)21(2,19)20/h11-12,18H,3-10H2,1-2H3,(H,15,17). The van der Waals surface area contributed by atoms with Crippen LogP contribution in [0.4, 0.5) is 0 Å². The monoisotopic (exact) mass is 318 g/mol. The van der Waals surface area contributed by atoms with E-state index in [0.29, 0.717) is 38.1 Å². The van der Waals surface area contributed by atoms with Gasteiger partial charge >= 0.3 is 0 Å². The van der Waals surface area contributed by atoms with Gasteiger partial charge in [0.2, 0.25) is 15.9 Å². The number of carbonyl (C=O) groups is 1. The summed E-state index contributed by atoms with van der Waals surface area (Å²) in [5.41, 5.74) is -0.837. The number of nitrogens with zero attached hydrogens (tertiary/aromatic N) is 1. The molecule has 0 aromatic heterocycles. The van der Waals surface area contributed by atoms with E-state index in [0.717, 1.165) is 19.1 Å². The van der Waals surface area contributed by atoms with Crippen LogP contribution in [-0.4, -0.2) is 54.7 Å². The molecule has 1 aliphatic carbocycles. The molecule has 122 valence electrons. The molecule has 2 N–H and O–H groups in total. The Morgan fingerprint density at radius 2 is 1.95 bits per heavy atom. The predicted octanol–water partition coefficient (Wildman–Crippen LogP) is 0.468. The summed E-state index contributed by atoms with van der Waals surface area (Å²) in [5.74, 6) is 0.335. The number of rotatable bonds is 4. The number of amides is 1. The van der Waals surface area contributed by atoms with Gasteiger partial charge in [0.1, 0.15) is 6.04 Å². The molecule has 7 heteroatoms. The van der Waals surface area contributed by atoms with Crippen molar-refractivity contribution in [2.24, 2.45) is 5.92 Å². The SMILES string of the molecule is CC1CCC(O)(CNC(=O)C2CCCN2S(C)(=O)=O)CC1. The third kappa shape index (κ3) is 4.17. The summed E-state index contributed by atoms with van der Waals surface area (Å²) >= 11 is 0. The van der Waals surface area contributed by atoms with Gasteiger partial charge in [-0.3, -0.25) is 4.79 Å². The Kier molecular flexibility index (Phi) is 4.95. The first kappa shape index (κ1) is 16.7. The molecule has 0 aromatic carbocycles. The molecule has 21 heavy (non-hydrogen) atoms. The summed E-state index contributed by atoms with van der Waals surface area (Å²) in [6, 6.07) is -0.619. The number of sulfonamides is 1. The lowest BCUT2D eigenvalue weighted by Crippen LogP contribution is -2.51. The van der Waals surface area contributed by atoms with Crippen LogP contribution < -0.4 is 5.32 Å². The zero-order chi connectivity index (χ0) is 15.7. The van der Waals surface area contributed by atoms with Gasteiger partial charge in [-0.15, -0.1) is 0 Å². The minimum Gasteiger partial charge on any atom is -0.388 e. The molecule has 1 unspecified atom stereocenters. The Morgan fingerprint density at radius 3 is 2.52 bits per heavy atom. The Morgan fingerprint density at radius 1 is 1.33 bits per heavy atom. The number of carbonyl (C=O) groups excluding carboxylic acids is 1. The minimum atomic E-state index is -3.35. The summed E-state index contributed by atoms with van der Waals surface area (Å²) in [6.45, 7) is 2.78. The lowest BCUT2D eigenvalue weighted by atomic mass is 9.79. The largest absolute Gasteiger partial charge is 0.388 e. The highest BCUT2D eigenvalue weighted by atomic mass is 32.2. The Bertz CT molecular complexity index is 483. The highest BCUT2D eigenvalue weighted by Gasteiger charge is 2.38. The third-order valence-electron chi connectivity index (χ3n) is 4.73. The van der Waals surface area contributed by atoms with Crippen LogP contribution in [0.2, 0.25) is 0 Å². The maximum absolute atomic E-state index is 12.2. The summed E-state index contributed by atoms with van der Waals surface area (Å²) < 4.78 is 24.6. The van der Waals surface area contributed by atoms with E-state index in [1.807, 2.05) is 0 Å². The first-order valence-electron chi connectivity index (χ1n) is 7.68. The lowest BCUT2D eigenvalue weighted by Gasteiger charge is -2.35. The fourth-order valence-corrected chi connectivity index (χ4v) is 4.37. The second kappa shape index (κ2) is 6.22. The maximum atomic E-state index is 12.2. The predicted molar refractivity (Wildman–Crippen MR) is 80.2 cm³/mol. The molecule has 2 fully saturated rings. The van der Waals surface area contributed by atoms with Crippen LogP contribution in [0.1, 0.15) is 45.4 Å². The van der Waals surface area contributed by atoms with Gasteiger partial charge in [-0.25, -0.2) is 8.42 Å². The summed E-state index contributed by atoms with van der Waals surface area (Å²) in [7, 11) is -3.35. The van der Waals surface area contributed by atoms with E-state index in [9.17, 15) is 18.3 Å². The molecular formula is C14H26N2O4S. The van der Waals surface area contributed by atoms with Gasteiger partial charge in [-0.2, -0.15) is 4.31 Å². The van der Waals surface area contributed by atoms with Gasteiger partial charge in [-0.1, -0.05) is 6.92 Å². The maximum Gasteiger partial charge on any atom is 0.238 e. The van der Waals surface area contributed by atoms with E-state index < -0.39 is 21.7 Å². The van der Waals surface area contributed by atoms with Crippen molar-refractivity contribution in [3.63, 3.8) is 0 Å². The molecule has 0 radical (unpaired) electrons. The highest BCUT2D eigenvalue weighted by Crippen LogP contribution is 2.31. The van der Waals surface area contributed by atoms with E-state index >= 15 is 0 Å². The van der Waals surface area contributed by atoms with Crippen molar-refractivity contribution in [2.45, 2.75) is 57.1 Å². The first-order valence-corrected chi connectivity index (χ1v) is 9.53. The number of hydrogen-bond acceptors (Lipinski definition) is 4. The summed E-state index contributed by atoms with van der Waals surface area (Å²) in [6.07, 6.45) is 5.69. The van der Waals surface area contributed by atoms with Crippen molar-refractivity contribution < 1.29 is 18.3 Å². The molecule has 1 saturated heterocycles. The molecule has 1 amide bonds. The molecule has 0 bridgehead atoms. The van der Waals surface area contributed by atoms with Gasteiger partial charge in [-0.05, 0) is 44.4 Å². The van der Waals surface area contributed by atoms with E-state index in [2.05, 4.69) is 12.2 Å². The molecule has 1 atom stereocenters. The molecule has 1 aliphatic heterocycles. The van der Waals surface area contributed by atoms with Crippen LogP contribution in [-0.2, 0) is 14.8 Å². The van der Waals surface area contributed by atoms with E-state index in [1.54, 1.807) is 0 Å². The smallest absolute Gasteiger partial charge is 0.238 e. The van der Waals surface area contributed by atoms with Gasteiger partial charge in [0.05, 0.1) is 11.9 Å². The first-order chi connectivity index (χ1) is 9.71. The van der Waals surface area contributed by atoms with E-state index in [4.69, 9.17) is 0 Å². The van der Waals surface area contributed by atoms with Crippen LogP contribution in [0, 0.1) is 5.92 Å². The van der Waals surface area contributed by atoms with Gasteiger partial charge in [0.25, 0.3) is 0 Å².